The minimum absolute atomic E-state index is 0.560. The topological polar surface area (TPSA) is 47.3 Å². The molecule has 0 atom stereocenters. The molecule has 4 nitrogen and oxygen atoms in total. The number of nitrogens with zero attached hydrogens (tertiary/aromatic N) is 3. The van der Waals surface area contributed by atoms with E-state index in [9.17, 15) is 4.79 Å². The molecule has 0 aliphatic heterocycles. The quantitative estimate of drug-likeness (QED) is 0.643. The summed E-state index contributed by atoms with van der Waals surface area (Å²) in [5.41, 5.74) is 3.13. The Morgan fingerprint density at radius 3 is 2.67 bits per heavy atom. The molecule has 3 aromatic rings. The Balaban J connectivity index is 2.33. The van der Waals surface area contributed by atoms with Crippen molar-refractivity contribution in [2.75, 3.05) is 0 Å². The molecule has 0 spiro atoms. The molecule has 0 radical (unpaired) electrons. The molecule has 0 aliphatic rings. The second kappa shape index (κ2) is 4.07. The van der Waals surface area contributed by atoms with Crippen molar-refractivity contribution in [2.24, 2.45) is 0 Å². The van der Waals surface area contributed by atoms with Gasteiger partial charge in [0.25, 0.3) is 0 Å². The van der Waals surface area contributed by atoms with Crippen LogP contribution in [-0.4, -0.2) is 20.9 Å². The van der Waals surface area contributed by atoms with E-state index in [-0.39, 0.29) is 0 Å². The number of rotatable bonds is 2. The van der Waals surface area contributed by atoms with E-state index in [2.05, 4.69) is 10.2 Å². The Morgan fingerprint density at radius 1 is 1.17 bits per heavy atom. The van der Waals surface area contributed by atoms with Crippen molar-refractivity contribution in [3.63, 3.8) is 0 Å². The fourth-order valence-corrected chi connectivity index (χ4v) is 2.03. The molecule has 0 N–H and O–H groups in total. The van der Waals surface area contributed by atoms with Crippen LogP contribution in [0, 0.1) is 6.92 Å². The highest BCUT2D eigenvalue weighted by Gasteiger charge is 2.11. The third kappa shape index (κ3) is 1.59. The van der Waals surface area contributed by atoms with Gasteiger partial charge in [0.2, 0.25) is 0 Å². The summed E-state index contributed by atoms with van der Waals surface area (Å²) in [5.74, 6) is 0.748. The van der Waals surface area contributed by atoms with Crippen molar-refractivity contribution in [2.45, 2.75) is 6.92 Å². The van der Waals surface area contributed by atoms with Crippen LogP contribution in [0.3, 0.4) is 0 Å². The van der Waals surface area contributed by atoms with Gasteiger partial charge in [-0.25, -0.2) is 0 Å². The Labute approximate surface area is 104 Å². The highest BCUT2D eigenvalue weighted by molar-refractivity contribution is 5.85. The lowest BCUT2D eigenvalue weighted by Gasteiger charge is -2.02. The average Bonchev–Trinajstić information content (AvgIpc) is 2.82. The minimum atomic E-state index is 0.560. The summed E-state index contributed by atoms with van der Waals surface area (Å²) < 4.78 is 1.86. The van der Waals surface area contributed by atoms with Gasteiger partial charge in [-0.15, -0.1) is 10.2 Å². The molecule has 0 saturated heterocycles. The van der Waals surface area contributed by atoms with Gasteiger partial charge in [-0.1, -0.05) is 30.3 Å². The summed E-state index contributed by atoms with van der Waals surface area (Å²) in [4.78, 5) is 11.0. The van der Waals surface area contributed by atoms with E-state index in [1.165, 1.54) is 0 Å². The Hall–Kier alpha value is -2.49. The number of benzene rings is 1. The summed E-state index contributed by atoms with van der Waals surface area (Å²) in [6, 6.07) is 11.6. The molecular weight excluding hydrogens is 226 g/mol. The predicted octanol–water partition coefficient (Wildman–Crippen LogP) is 2.52. The molecule has 0 unspecified atom stereocenters. The van der Waals surface area contributed by atoms with Crippen LogP contribution in [0.2, 0.25) is 0 Å². The molecule has 18 heavy (non-hydrogen) atoms. The minimum Gasteiger partial charge on any atom is -0.298 e. The number of pyridine rings is 1. The molecule has 4 heteroatoms. The first-order chi connectivity index (χ1) is 8.79. The van der Waals surface area contributed by atoms with Gasteiger partial charge in [-0.3, -0.25) is 9.20 Å². The Kier molecular flexibility index (Phi) is 2.41. The fourth-order valence-electron chi connectivity index (χ4n) is 2.03. The van der Waals surface area contributed by atoms with E-state index in [1.54, 1.807) is 0 Å². The molecule has 2 aromatic heterocycles. The van der Waals surface area contributed by atoms with E-state index in [0.717, 1.165) is 23.2 Å². The van der Waals surface area contributed by atoms with Crippen molar-refractivity contribution in [3.8, 4) is 11.4 Å². The molecule has 0 aliphatic carbocycles. The number of carbonyl (C=O) groups excluding carboxylic acids is 1. The van der Waals surface area contributed by atoms with Gasteiger partial charge in [0.05, 0.1) is 5.56 Å². The normalized spacial score (nSPS) is 10.7. The smallest absolute Gasteiger partial charge is 0.171 e. The number of aldehydes is 1. The van der Waals surface area contributed by atoms with Crippen molar-refractivity contribution in [1.29, 1.82) is 0 Å². The number of hydrogen-bond acceptors (Lipinski definition) is 3. The lowest BCUT2D eigenvalue weighted by Crippen LogP contribution is -1.94. The fraction of sp³-hybridized carbons (Fsp3) is 0.0714. The van der Waals surface area contributed by atoms with E-state index in [0.29, 0.717) is 11.2 Å². The number of hydrogen-bond donors (Lipinski definition) is 0. The van der Waals surface area contributed by atoms with Gasteiger partial charge in [0.15, 0.2) is 17.8 Å². The van der Waals surface area contributed by atoms with E-state index < -0.39 is 0 Å². The molecule has 3 rings (SSSR count). The third-order valence-electron chi connectivity index (χ3n) is 2.83. The largest absolute Gasteiger partial charge is 0.298 e. The van der Waals surface area contributed by atoms with Gasteiger partial charge >= 0.3 is 0 Å². The second-order valence-electron chi connectivity index (χ2n) is 4.17. The van der Waals surface area contributed by atoms with Crippen LogP contribution in [0.15, 0.2) is 42.6 Å². The van der Waals surface area contributed by atoms with Crippen LogP contribution in [-0.2, 0) is 0 Å². The van der Waals surface area contributed by atoms with Crippen molar-refractivity contribution in [3.05, 3.63) is 53.7 Å². The first-order valence-corrected chi connectivity index (χ1v) is 5.65. The number of carbonyl (C=O) groups is 1. The number of aryl methyl sites for hydroxylation is 1. The summed E-state index contributed by atoms with van der Waals surface area (Å²) in [6.45, 7) is 1.95. The maximum atomic E-state index is 11.0. The van der Waals surface area contributed by atoms with Crippen molar-refractivity contribution >= 4 is 11.9 Å². The van der Waals surface area contributed by atoms with E-state index in [1.807, 2.05) is 53.9 Å². The molecule has 88 valence electrons. The maximum absolute atomic E-state index is 11.0. The van der Waals surface area contributed by atoms with Crippen LogP contribution < -0.4 is 0 Å². The zero-order chi connectivity index (χ0) is 12.5. The molecular formula is C14H11N3O. The van der Waals surface area contributed by atoms with Crippen LogP contribution in [0.5, 0.6) is 0 Å². The van der Waals surface area contributed by atoms with Crippen LogP contribution in [0.4, 0.5) is 0 Å². The van der Waals surface area contributed by atoms with Gasteiger partial charge in [-0.2, -0.15) is 0 Å². The van der Waals surface area contributed by atoms with Crippen LogP contribution in [0.25, 0.3) is 17.0 Å². The molecule has 0 fully saturated rings. The highest BCUT2D eigenvalue weighted by atomic mass is 16.1. The van der Waals surface area contributed by atoms with Gasteiger partial charge < -0.3 is 0 Å². The first-order valence-electron chi connectivity index (χ1n) is 5.65. The molecule has 0 amide bonds. The SMILES string of the molecule is Cc1cc(C=O)c2nnc(-c3ccccc3)n2c1. The van der Waals surface area contributed by atoms with Gasteiger partial charge in [0, 0.05) is 11.8 Å². The third-order valence-corrected chi connectivity index (χ3v) is 2.83. The first kappa shape index (κ1) is 10.7. The second-order valence-corrected chi connectivity index (χ2v) is 4.17. The van der Waals surface area contributed by atoms with Crippen LogP contribution >= 0.6 is 0 Å². The van der Waals surface area contributed by atoms with Gasteiger partial charge in [-0.05, 0) is 18.6 Å². The maximum Gasteiger partial charge on any atom is 0.171 e. The standard InChI is InChI=1S/C14H11N3O/c1-10-7-12(9-18)14-16-15-13(17(14)8-10)11-5-3-2-4-6-11/h2-9H,1H3. The van der Waals surface area contributed by atoms with Crippen molar-refractivity contribution < 1.29 is 4.79 Å². The van der Waals surface area contributed by atoms with Gasteiger partial charge in [0.1, 0.15) is 0 Å². The zero-order valence-electron chi connectivity index (χ0n) is 9.87. The summed E-state index contributed by atoms with van der Waals surface area (Å²) >= 11 is 0. The predicted molar refractivity (Wildman–Crippen MR) is 68.5 cm³/mol. The number of fused-ring (bicyclic) bond motifs is 1. The van der Waals surface area contributed by atoms with E-state index in [4.69, 9.17) is 0 Å². The lowest BCUT2D eigenvalue weighted by atomic mass is 10.2. The van der Waals surface area contributed by atoms with Crippen molar-refractivity contribution in [1.82, 2.24) is 14.6 Å². The lowest BCUT2D eigenvalue weighted by molar-refractivity contribution is 0.112. The monoisotopic (exact) mass is 237 g/mol. The average molecular weight is 237 g/mol. The molecule has 0 bridgehead atoms. The zero-order valence-corrected chi connectivity index (χ0v) is 9.87. The van der Waals surface area contributed by atoms with E-state index >= 15 is 0 Å². The number of aromatic nitrogens is 3. The molecule has 2 heterocycles. The molecule has 0 saturated carbocycles. The highest BCUT2D eigenvalue weighted by Crippen LogP contribution is 2.20. The Bertz CT molecular complexity index is 716. The summed E-state index contributed by atoms with van der Waals surface area (Å²) in [5, 5.41) is 8.26. The summed E-state index contributed by atoms with van der Waals surface area (Å²) in [7, 11) is 0. The summed E-state index contributed by atoms with van der Waals surface area (Å²) in [6.07, 6.45) is 2.75. The molecule has 1 aromatic carbocycles. The van der Waals surface area contributed by atoms with Crippen LogP contribution in [0.1, 0.15) is 15.9 Å². The Morgan fingerprint density at radius 2 is 1.94 bits per heavy atom.